The van der Waals surface area contributed by atoms with Gasteiger partial charge in [0.2, 0.25) is 0 Å². The van der Waals surface area contributed by atoms with Crippen LogP contribution in [0.1, 0.15) is 78.0 Å². The molecule has 0 saturated carbocycles. The lowest BCUT2D eigenvalue weighted by atomic mass is 9.33. The van der Waals surface area contributed by atoms with Crippen LogP contribution in [-0.4, -0.2) is 6.71 Å². The van der Waals surface area contributed by atoms with Crippen LogP contribution < -0.4 is 26.2 Å². The summed E-state index contributed by atoms with van der Waals surface area (Å²) in [7, 11) is 0. The molecule has 0 fully saturated rings. The molecule has 0 spiro atoms. The number of para-hydroxylation sites is 2. The molecule has 70 heavy (non-hydrogen) atoms. The van der Waals surface area contributed by atoms with Gasteiger partial charge in [-0.25, -0.2) is 0 Å². The first kappa shape index (κ1) is 43.7. The number of benzene rings is 10. The molecule has 0 saturated heterocycles. The third kappa shape index (κ3) is 7.17. The van der Waals surface area contributed by atoms with Gasteiger partial charge in [0.25, 0.3) is 6.71 Å². The van der Waals surface area contributed by atoms with Gasteiger partial charge >= 0.3 is 0 Å². The number of hydrogen-bond donors (Lipinski definition) is 0. The van der Waals surface area contributed by atoms with E-state index in [9.17, 15) is 0 Å². The predicted molar refractivity (Wildman–Crippen MR) is 303 cm³/mol. The summed E-state index contributed by atoms with van der Waals surface area (Å²) in [6.45, 7) is 18.7. The molecule has 340 valence electrons. The lowest BCUT2D eigenvalue weighted by Gasteiger charge is -2.45. The summed E-state index contributed by atoms with van der Waals surface area (Å²) in [4.78, 5) is 5.11. The van der Waals surface area contributed by atoms with Gasteiger partial charge in [-0.3, -0.25) is 0 Å². The summed E-state index contributed by atoms with van der Waals surface area (Å²) < 4.78 is 0. The van der Waals surface area contributed by atoms with E-state index in [2.05, 4.69) is 271 Å². The maximum Gasteiger partial charge on any atom is 0.252 e. The molecule has 10 aromatic carbocycles. The average molecular weight is 903 g/mol. The van der Waals surface area contributed by atoms with Crippen molar-refractivity contribution in [3.63, 3.8) is 0 Å². The van der Waals surface area contributed by atoms with E-state index in [1.165, 1.54) is 111 Å². The van der Waals surface area contributed by atoms with Crippen molar-refractivity contribution in [3.8, 4) is 33.4 Å². The zero-order valence-corrected chi connectivity index (χ0v) is 41.7. The highest BCUT2D eigenvalue weighted by Gasteiger charge is 2.44. The van der Waals surface area contributed by atoms with Gasteiger partial charge in [-0.2, -0.15) is 0 Å². The molecule has 0 N–H and O–H groups in total. The van der Waals surface area contributed by atoms with Gasteiger partial charge in [0, 0.05) is 34.1 Å². The molecular formula is C67H59BN2. The summed E-state index contributed by atoms with van der Waals surface area (Å²) in [5, 5.41) is 5.06. The Morgan fingerprint density at radius 2 is 0.743 bits per heavy atom. The van der Waals surface area contributed by atoms with Crippen LogP contribution in [0.5, 0.6) is 0 Å². The van der Waals surface area contributed by atoms with E-state index in [1.807, 2.05) is 0 Å². The van der Waals surface area contributed by atoms with E-state index in [-0.39, 0.29) is 17.5 Å². The third-order valence-corrected chi connectivity index (χ3v) is 15.1. The minimum absolute atomic E-state index is 0.00647. The average Bonchev–Trinajstić information content (AvgIpc) is 3.37. The molecule has 0 amide bonds. The van der Waals surface area contributed by atoms with Gasteiger partial charge in [-0.15, -0.1) is 0 Å². The van der Waals surface area contributed by atoms with Crippen LogP contribution in [0.15, 0.2) is 206 Å². The Morgan fingerprint density at radius 3 is 1.17 bits per heavy atom. The monoisotopic (exact) mass is 902 g/mol. The Balaban J connectivity index is 1.18. The van der Waals surface area contributed by atoms with Crippen LogP contribution in [0.25, 0.3) is 54.9 Å². The predicted octanol–water partition coefficient (Wildman–Crippen LogP) is 16.8. The van der Waals surface area contributed by atoms with Gasteiger partial charge in [0.1, 0.15) is 0 Å². The van der Waals surface area contributed by atoms with Crippen LogP contribution >= 0.6 is 0 Å². The van der Waals surface area contributed by atoms with Gasteiger partial charge in [0.05, 0.1) is 0 Å². The van der Waals surface area contributed by atoms with Crippen molar-refractivity contribution < 1.29 is 0 Å². The Hall–Kier alpha value is -7.62. The van der Waals surface area contributed by atoms with E-state index in [1.54, 1.807) is 0 Å². The van der Waals surface area contributed by atoms with Crippen molar-refractivity contribution in [2.24, 2.45) is 0 Å². The Labute approximate surface area is 415 Å². The van der Waals surface area contributed by atoms with Gasteiger partial charge in [0.15, 0.2) is 0 Å². The second kappa shape index (κ2) is 16.5. The summed E-state index contributed by atoms with van der Waals surface area (Å²) in [6.07, 6.45) is 0. The lowest BCUT2D eigenvalue weighted by Crippen LogP contribution is -2.61. The zero-order chi connectivity index (χ0) is 48.1. The first-order valence-corrected chi connectivity index (χ1v) is 25.2. The van der Waals surface area contributed by atoms with Crippen molar-refractivity contribution in [2.45, 2.75) is 72.1 Å². The number of hydrogen-bond acceptors (Lipinski definition) is 2. The van der Waals surface area contributed by atoms with E-state index in [0.717, 1.165) is 11.4 Å². The van der Waals surface area contributed by atoms with Crippen molar-refractivity contribution in [2.75, 3.05) is 9.80 Å². The topological polar surface area (TPSA) is 6.48 Å². The molecule has 2 heterocycles. The molecule has 0 atom stereocenters. The molecule has 0 radical (unpaired) electrons. The van der Waals surface area contributed by atoms with E-state index >= 15 is 0 Å². The van der Waals surface area contributed by atoms with E-state index in [0.29, 0.717) is 5.92 Å². The van der Waals surface area contributed by atoms with E-state index in [4.69, 9.17) is 0 Å². The second-order valence-corrected chi connectivity index (χ2v) is 22.0. The van der Waals surface area contributed by atoms with Crippen LogP contribution in [-0.2, 0) is 10.8 Å². The Kier molecular flexibility index (Phi) is 10.3. The second-order valence-electron chi connectivity index (χ2n) is 22.0. The van der Waals surface area contributed by atoms with Crippen molar-refractivity contribution in [1.82, 2.24) is 0 Å². The maximum absolute atomic E-state index is 2.55. The van der Waals surface area contributed by atoms with Crippen molar-refractivity contribution in [3.05, 3.63) is 223 Å². The molecule has 2 nitrogen and oxygen atoms in total. The molecule has 0 bridgehead atoms. The molecule has 12 rings (SSSR count). The molecule has 2 aliphatic heterocycles. The summed E-state index contributed by atoms with van der Waals surface area (Å²) in [5.74, 6) is 0.301. The Morgan fingerprint density at radius 1 is 0.357 bits per heavy atom. The van der Waals surface area contributed by atoms with Crippen LogP contribution in [0.4, 0.5) is 34.1 Å². The quantitative estimate of drug-likeness (QED) is 0.121. The number of anilines is 6. The highest BCUT2D eigenvalue weighted by molar-refractivity contribution is 7.00. The van der Waals surface area contributed by atoms with Gasteiger partial charge in [-0.1, -0.05) is 207 Å². The number of rotatable bonds is 6. The fourth-order valence-corrected chi connectivity index (χ4v) is 11.5. The van der Waals surface area contributed by atoms with Crippen molar-refractivity contribution >= 4 is 78.8 Å². The SMILES string of the molecule is CC(C)c1cc(-c2cc3c4c(c2)N(c2ccccc2)c2ccc(C(C)(C)C)cc2B4c2cc(C(C)(C)C)ccc2N3c2ccccc2)cc(-c2c3ccccc3c(-c3ccccc3)c3ccccc23)c1. The van der Waals surface area contributed by atoms with E-state index < -0.39 is 0 Å². The number of fused-ring (bicyclic) bond motifs is 6. The van der Waals surface area contributed by atoms with Crippen LogP contribution in [0.2, 0.25) is 0 Å². The fraction of sp³-hybridized carbons (Fsp3) is 0.164. The highest BCUT2D eigenvalue weighted by atomic mass is 15.2. The summed E-state index contributed by atoms with van der Waals surface area (Å²) in [6, 6.07) is 78.1. The van der Waals surface area contributed by atoms with Gasteiger partial charge in [-0.05, 0) is 159 Å². The third-order valence-electron chi connectivity index (χ3n) is 15.1. The maximum atomic E-state index is 2.55. The minimum atomic E-state index is -0.0297. The summed E-state index contributed by atoms with van der Waals surface area (Å²) >= 11 is 0. The Bertz CT molecular complexity index is 3470. The fourth-order valence-electron chi connectivity index (χ4n) is 11.5. The first-order chi connectivity index (χ1) is 33.8. The highest BCUT2D eigenvalue weighted by Crippen LogP contribution is 2.49. The summed E-state index contributed by atoms with van der Waals surface area (Å²) in [5.41, 5.74) is 22.6. The zero-order valence-electron chi connectivity index (χ0n) is 41.7. The van der Waals surface area contributed by atoms with Crippen LogP contribution in [0.3, 0.4) is 0 Å². The van der Waals surface area contributed by atoms with Crippen molar-refractivity contribution in [1.29, 1.82) is 0 Å². The lowest BCUT2D eigenvalue weighted by molar-refractivity contribution is 0.590. The first-order valence-electron chi connectivity index (χ1n) is 25.2. The molecule has 2 aliphatic rings. The van der Waals surface area contributed by atoms with Gasteiger partial charge < -0.3 is 9.80 Å². The molecule has 0 unspecified atom stereocenters. The van der Waals surface area contributed by atoms with Crippen LogP contribution in [0, 0.1) is 0 Å². The smallest absolute Gasteiger partial charge is 0.252 e. The molecule has 10 aromatic rings. The molecule has 0 aromatic heterocycles. The standard InChI is InChI=1S/C67H59BN2/c1-43(2)45-36-46(38-48(37-45)64-55-30-20-18-28-53(55)63(44-22-12-9-13-23-44)54-29-19-21-31-56(54)64)47-39-61-65-62(40-47)70(52-26-16-11-17-27-52)60-35-33-50(67(6,7)8)42-58(60)68(65)57-41-49(66(3,4)5)32-34-59(57)69(61)51-24-14-10-15-25-51/h9-43H,1-8H3. The normalized spacial score (nSPS) is 13.2. The molecular weight excluding hydrogens is 844 g/mol. The largest absolute Gasteiger partial charge is 0.311 e. The minimum Gasteiger partial charge on any atom is -0.311 e. The molecule has 3 heteroatoms. The molecule has 0 aliphatic carbocycles. The number of nitrogens with zero attached hydrogens (tertiary/aromatic N) is 2.